The van der Waals surface area contributed by atoms with Crippen LogP contribution in [0.5, 0.6) is 0 Å². The smallest absolute Gasteiger partial charge is 0.203 e. The van der Waals surface area contributed by atoms with Gasteiger partial charge in [-0.05, 0) is 5.92 Å². The van der Waals surface area contributed by atoms with E-state index < -0.39 is 0 Å². The van der Waals surface area contributed by atoms with E-state index in [1.807, 2.05) is 18.2 Å². The summed E-state index contributed by atoms with van der Waals surface area (Å²) in [5.41, 5.74) is 7.88. The van der Waals surface area contributed by atoms with Crippen molar-refractivity contribution in [1.29, 1.82) is 0 Å². The molecule has 0 bridgehead atoms. The molecule has 102 valence electrons. The molecule has 20 heavy (non-hydrogen) atoms. The highest BCUT2D eigenvalue weighted by Gasteiger charge is 2.19. The van der Waals surface area contributed by atoms with E-state index in [-0.39, 0.29) is 0 Å². The largest absolute Gasteiger partial charge is 0.374 e. The standard InChI is InChI=1S/C14H14N4S2/c1-8(2)10-11(13-17-18-14(15)20-13)19-12(16-10)9-6-4-3-5-7-9/h3-8H,1-2H3,(H2,15,18). The second-order valence-electron chi connectivity index (χ2n) is 4.70. The molecule has 0 aliphatic rings. The van der Waals surface area contributed by atoms with Crippen molar-refractivity contribution in [3.8, 4) is 20.5 Å². The van der Waals surface area contributed by atoms with Gasteiger partial charge < -0.3 is 5.73 Å². The molecule has 4 nitrogen and oxygen atoms in total. The van der Waals surface area contributed by atoms with E-state index in [4.69, 9.17) is 10.7 Å². The van der Waals surface area contributed by atoms with Gasteiger partial charge in [0.2, 0.25) is 5.13 Å². The number of aromatic nitrogens is 3. The molecule has 0 unspecified atom stereocenters. The van der Waals surface area contributed by atoms with Gasteiger partial charge in [-0.1, -0.05) is 55.5 Å². The number of anilines is 1. The first-order valence-corrected chi connectivity index (χ1v) is 7.94. The van der Waals surface area contributed by atoms with E-state index >= 15 is 0 Å². The molecule has 2 heterocycles. The van der Waals surface area contributed by atoms with Crippen LogP contribution in [0, 0.1) is 0 Å². The number of nitrogens with two attached hydrogens (primary N) is 1. The molecule has 0 saturated carbocycles. The molecule has 0 aliphatic carbocycles. The fourth-order valence-electron chi connectivity index (χ4n) is 1.91. The molecule has 0 amide bonds. The summed E-state index contributed by atoms with van der Waals surface area (Å²) in [7, 11) is 0. The maximum absolute atomic E-state index is 5.69. The third-order valence-corrected chi connectivity index (χ3v) is 4.88. The predicted molar refractivity (Wildman–Crippen MR) is 85.0 cm³/mol. The zero-order valence-electron chi connectivity index (χ0n) is 11.2. The Morgan fingerprint density at radius 3 is 2.35 bits per heavy atom. The topological polar surface area (TPSA) is 64.7 Å². The summed E-state index contributed by atoms with van der Waals surface area (Å²) in [6.07, 6.45) is 0. The third kappa shape index (κ3) is 2.44. The lowest BCUT2D eigenvalue weighted by atomic mass is 10.1. The van der Waals surface area contributed by atoms with Gasteiger partial charge in [-0.2, -0.15) is 0 Å². The van der Waals surface area contributed by atoms with Crippen LogP contribution in [0.3, 0.4) is 0 Å². The van der Waals surface area contributed by atoms with Gasteiger partial charge in [0.15, 0.2) is 5.01 Å². The Morgan fingerprint density at radius 2 is 1.75 bits per heavy atom. The molecular formula is C14H14N4S2. The average Bonchev–Trinajstić information content (AvgIpc) is 3.05. The summed E-state index contributed by atoms with van der Waals surface area (Å²) in [5, 5.41) is 10.4. The zero-order chi connectivity index (χ0) is 14.1. The van der Waals surface area contributed by atoms with E-state index in [1.165, 1.54) is 11.3 Å². The van der Waals surface area contributed by atoms with Crippen LogP contribution in [-0.4, -0.2) is 15.2 Å². The van der Waals surface area contributed by atoms with Gasteiger partial charge in [-0.25, -0.2) is 4.98 Å². The highest BCUT2D eigenvalue weighted by atomic mass is 32.1. The lowest BCUT2D eigenvalue weighted by Gasteiger charge is -2.01. The number of nitrogen functional groups attached to an aromatic ring is 1. The molecule has 0 aliphatic heterocycles. The first-order valence-electron chi connectivity index (χ1n) is 6.30. The van der Waals surface area contributed by atoms with Crippen molar-refractivity contribution in [2.24, 2.45) is 0 Å². The van der Waals surface area contributed by atoms with Crippen LogP contribution in [0.2, 0.25) is 0 Å². The normalized spacial score (nSPS) is 11.2. The Hall–Kier alpha value is -1.79. The minimum absolute atomic E-state index is 0.337. The van der Waals surface area contributed by atoms with E-state index in [0.29, 0.717) is 11.0 Å². The minimum atomic E-state index is 0.337. The molecule has 2 aromatic heterocycles. The fourth-order valence-corrected chi connectivity index (χ4v) is 3.82. The summed E-state index contributed by atoms with van der Waals surface area (Å²) in [6.45, 7) is 4.27. The predicted octanol–water partition coefficient (Wildman–Crippen LogP) is 4.03. The number of rotatable bonds is 3. The zero-order valence-corrected chi connectivity index (χ0v) is 12.8. The molecule has 0 fully saturated rings. The van der Waals surface area contributed by atoms with Crippen LogP contribution in [0.25, 0.3) is 20.5 Å². The van der Waals surface area contributed by atoms with Crippen LogP contribution in [0.15, 0.2) is 30.3 Å². The Labute approximate surface area is 125 Å². The van der Waals surface area contributed by atoms with E-state index in [9.17, 15) is 0 Å². The van der Waals surface area contributed by atoms with Gasteiger partial charge in [0.05, 0.1) is 10.6 Å². The molecule has 0 saturated heterocycles. The van der Waals surface area contributed by atoms with Gasteiger partial charge in [0.1, 0.15) is 5.01 Å². The van der Waals surface area contributed by atoms with E-state index in [2.05, 4.69) is 36.2 Å². The lowest BCUT2D eigenvalue weighted by Crippen LogP contribution is -1.90. The van der Waals surface area contributed by atoms with Crippen molar-refractivity contribution in [1.82, 2.24) is 15.2 Å². The minimum Gasteiger partial charge on any atom is -0.374 e. The maximum atomic E-state index is 5.69. The van der Waals surface area contributed by atoms with Crippen LogP contribution >= 0.6 is 22.7 Å². The number of thiazole rings is 1. The Kier molecular flexibility index (Phi) is 3.50. The Balaban J connectivity index is 2.12. The van der Waals surface area contributed by atoms with Gasteiger partial charge in [-0.15, -0.1) is 21.5 Å². The van der Waals surface area contributed by atoms with Crippen LogP contribution < -0.4 is 5.73 Å². The van der Waals surface area contributed by atoms with Crippen LogP contribution in [0.1, 0.15) is 25.5 Å². The van der Waals surface area contributed by atoms with Crippen molar-refractivity contribution >= 4 is 27.8 Å². The van der Waals surface area contributed by atoms with Crippen molar-refractivity contribution in [3.63, 3.8) is 0 Å². The SMILES string of the molecule is CC(C)c1nc(-c2ccccc2)sc1-c1nnc(N)s1. The van der Waals surface area contributed by atoms with Crippen LogP contribution in [0.4, 0.5) is 5.13 Å². The van der Waals surface area contributed by atoms with Gasteiger partial charge in [-0.3, -0.25) is 0 Å². The summed E-state index contributed by atoms with van der Waals surface area (Å²) in [6, 6.07) is 10.2. The summed E-state index contributed by atoms with van der Waals surface area (Å²) >= 11 is 3.06. The highest BCUT2D eigenvalue weighted by Crippen LogP contribution is 2.39. The molecule has 3 rings (SSSR count). The number of nitrogens with zero attached hydrogens (tertiary/aromatic N) is 3. The monoisotopic (exact) mass is 302 g/mol. The third-order valence-electron chi connectivity index (χ3n) is 2.86. The van der Waals surface area contributed by atoms with Gasteiger partial charge in [0.25, 0.3) is 0 Å². The number of benzene rings is 1. The quantitative estimate of drug-likeness (QED) is 0.793. The number of hydrogen-bond acceptors (Lipinski definition) is 6. The molecule has 6 heteroatoms. The molecule has 1 aromatic carbocycles. The molecule has 0 radical (unpaired) electrons. The second kappa shape index (κ2) is 5.30. The van der Waals surface area contributed by atoms with Gasteiger partial charge in [0, 0.05) is 5.56 Å². The molecule has 0 atom stereocenters. The van der Waals surface area contributed by atoms with Crippen molar-refractivity contribution in [3.05, 3.63) is 36.0 Å². The van der Waals surface area contributed by atoms with Crippen molar-refractivity contribution < 1.29 is 0 Å². The van der Waals surface area contributed by atoms with Gasteiger partial charge >= 0.3 is 0 Å². The highest BCUT2D eigenvalue weighted by molar-refractivity contribution is 7.24. The van der Waals surface area contributed by atoms with Crippen molar-refractivity contribution in [2.75, 3.05) is 5.73 Å². The number of hydrogen-bond donors (Lipinski definition) is 1. The first-order chi connectivity index (χ1) is 9.65. The maximum Gasteiger partial charge on any atom is 0.203 e. The van der Waals surface area contributed by atoms with Crippen LogP contribution in [-0.2, 0) is 0 Å². The second-order valence-corrected chi connectivity index (χ2v) is 6.71. The first kappa shape index (κ1) is 13.2. The van der Waals surface area contributed by atoms with E-state index in [1.54, 1.807) is 11.3 Å². The van der Waals surface area contributed by atoms with Crippen molar-refractivity contribution in [2.45, 2.75) is 19.8 Å². The van der Waals surface area contributed by atoms with E-state index in [0.717, 1.165) is 26.1 Å². The Bertz CT molecular complexity index is 716. The molecular weight excluding hydrogens is 288 g/mol. The lowest BCUT2D eigenvalue weighted by molar-refractivity contribution is 0.835. The molecule has 2 N–H and O–H groups in total. The molecule has 3 aromatic rings. The summed E-state index contributed by atoms with van der Waals surface area (Å²) < 4.78 is 0. The fraction of sp³-hybridized carbons (Fsp3) is 0.214. The molecule has 0 spiro atoms. The summed E-state index contributed by atoms with van der Waals surface area (Å²) in [4.78, 5) is 5.86. The Morgan fingerprint density at radius 1 is 1.00 bits per heavy atom. The summed E-state index contributed by atoms with van der Waals surface area (Å²) in [5.74, 6) is 0.337. The average molecular weight is 302 g/mol.